The predicted molar refractivity (Wildman–Crippen MR) is 157 cm³/mol. The van der Waals surface area contributed by atoms with Gasteiger partial charge in [0.2, 0.25) is 0 Å². The first-order chi connectivity index (χ1) is 20.0. The van der Waals surface area contributed by atoms with E-state index in [2.05, 4.69) is 11.0 Å². The van der Waals surface area contributed by atoms with Crippen molar-refractivity contribution in [2.24, 2.45) is 0 Å². The zero-order valence-electron chi connectivity index (χ0n) is 22.4. The fourth-order valence-electron chi connectivity index (χ4n) is 3.89. The van der Waals surface area contributed by atoms with E-state index >= 15 is 0 Å². The van der Waals surface area contributed by atoms with E-state index in [9.17, 15) is 0 Å². The van der Waals surface area contributed by atoms with Crippen LogP contribution < -0.4 is 30.1 Å². The Morgan fingerprint density at radius 2 is 0.951 bits per heavy atom. The van der Waals surface area contributed by atoms with Crippen molar-refractivity contribution in [3.63, 3.8) is 0 Å². The minimum atomic E-state index is 0.127. The Morgan fingerprint density at radius 1 is 0.537 bits per heavy atom. The van der Waals surface area contributed by atoms with E-state index in [1.807, 2.05) is 54.6 Å². The maximum Gasteiger partial charge on any atom is 0.160 e. The van der Waals surface area contributed by atoms with Crippen molar-refractivity contribution in [3.05, 3.63) is 121 Å². The fraction of sp³-hybridized carbons (Fsp3) is 0.0625. The SMILES string of the molecule is COc1ccc(ONC(=N)c2ccc(-c3coc(-c4ccc(C(=N)NOc5ccc(OC)cc5)cc4)c3)cc2)cc1. The average Bonchev–Trinajstić information content (AvgIpc) is 3.53. The second-order valence-corrected chi connectivity index (χ2v) is 8.86. The van der Waals surface area contributed by atoms with E-state index in [0.29, 0.717) is 28.4 Å². The van der Waals surface area contributed by atoms with Gasteiger partial charge in [-0.1, -0.05) is 48.5 Å². The average molecular weight is 549 g/mol. The van der Waals surface area contributed by atoms with Gasteiger partial charge in [0.15, 0.2) is 23.2 Å². The highest BCUT2D eigenvalue weighted by atomic mass is 16.7. The van der Waals surface area contributed by atoms with Crippen molar-refractivity contribution in [1.29, 1.82) is 10.8 Å². The molecule has 0 aliphatic heterocycles. The molecule has 0 radical (unpaired) electrons. The van der Waals surface area contributed by atoms with Crippen LogP contribution in [0.1, 0.15) is 11.1 Å². The summed E-state index contributed by atoms with van der Waals surface area (Å²) in [6.45, 7) is 0. The summed E-state index contributed by atoms with van der Waals surface area (Å²) in [6.07, 6.45) is 1.70. The number of amidine groups is 2. The summed E-state index contributed by atoms with van der Waals surface area (Å²) >= 11 is 0. The van der Waals surface area contributed by atoms with Gasteiger partial charge in [-0.05, 0) is 60.2 Å². The third-order valence-electron chi connectivity index (χ3n) is 6.23. The Bertz CT molecular complexity index is 1490. The van der Waals surface area contributed by atoms with E-state index < -0.39 is 0 Å². The summed E-state index contributed by atoms with van der Waals surface area (Å²) in [4.78, 5) is 11.0. The van der Waals surface area contributed by atoms with Crippen molar-refractivity contribution in [3.8, 4) is 45.4 Å². The number of hydroxylamine groups is 2. The van der Waals surface area contributed by atoms with E-state index in [0.717, 1.165) is 28.2 Å². The van der Waals surface area contributed by atoms with Crippen LogP contribution in [0.4, 0.5) is 0 Å². The van der Waals surface area contributed by atoms with Crippen molar-refractivity contribution >= 4 is 11.7 Å². The number of benzene rings is 4. The van der Waals surface area contributed by atoms with Crippen LogP contribution in [-0.4, -0.2) is 25.9 Å². The van der Waals surface area contributed by atoms with Gasteiger partial charge in [-0.3, -0.25) is 10.8 Å². The molecule has 0 atom stereocenters. The highest BCUT2D eigenvalue weighted by Crippen LogP contribution is 2.29. The van der Waals surface area contributed by atoms with E-state index in [4.69, 9.17) is 34.4 Å². The zero-order valence-corrected chi connectivity index (χ0v) is 22.4. The summed E-state index contributed by atoms with van der Waals surface area (Å²) in [6, 6.07) is 31.1. The Balaban J connectivity index is 1.16. The van der Waals surface area contributed by atoms with Crippen LogP contribution in [0.25, 0.3) is 22.5 Å². The van der Waals surface area contributed by atoms with Crippen LogP contribution in [0.15, 0.2) is 114 Å². The number of nitrogens with one attached hydrogen (secondary N) is 4. The molecule has 4 aromatic carbocycles. The second-order valence-electron chi connectivity index (χ2n) is 8.86. The lowest BCUT2D eigenvalue weighted by Crippen LogP contribution is -2.26. The molecule has 0 bridgehead atoms. The summed E-state index contributed by atoms with van der Waals surface area (Å²) in [5.41, 5.74) is 9.39. The molecule has 5 aromatic rings. The van der Waals surface area contributed by atoms with Crippen LogP contribution in [-0.2, 0) is 0 Å². The minimum absolute atomic E-state index is 0.127. The number of ether oxygens (including phenoxy) is 2. The van der Waals surface area contributed by atoms with Gasteiger partial charge in [-0.15, -0.1) is 0 Å². The van der Waals surface area contributed by atoms with Gasteiger partial charge in [-0.25, -0.2) is 11.0 Å². The van der Waals surface area contributed by atoms with E-state index in [1.54, 1.807) is 69.0 Å². The summed E-state index contributed by atoms with van der Waals surface area (Å²) < 4.78 is 16.1. The lowest BCUT2D eigenvalue weighted by atomic mass is 10.0. The summed E-state index contributed by atoms with van der Waals surface area (Å²) in [5.74, 6) is 3.56. The van der Waals surface area contributed by atoms with Crippen LogP contribution in [0, 0.1) is 10.8 Å². The Morgan fingerprint density at radius 3 is 1.39 bits per heavy atom. The first-order valence-corrected chi connectivity index (χ1v) is 12.6. The number of furan rings is 1. The van der Waals surface area contributed by atoms with Crippen LogP contribution in [0.3, 0.4) is 0 Å². The molecule has 0 fully saturated rings. The van der Waals surface area contributed by atoms with Gasteiger partial charge >= 0.3 is 0 Å². The van der Waals surface area contributed by atoms with Crippen LogP contribution in [0.5, 0.6) is 23.0 Å². The molecule has 0 aliphatic rings. The number of rotatable bonds is 10. The maximum atomic E-state index is 8.27. The third-order valence-corrected chi connectivity index (χ3v) is 6.23. The number of methoxy groups -OCH3 is 2. The van der Waals surface area contributed by atoms with Gasteiger partial charge in [-0.2, -0.15) is 0 Å². The lowest BCUT2D eigenvalue weighted by molar-refractivity contribution is 0.261. The fourth-order valence-corrected chi connectivity index (χ4v) is 3.89. The Labute approximate surface area is 237 Å². The number of hydrogen-bond acceptors (Lipinski definition) is 7. The smallest absolute Gasteiger partial charge is 0.160 e. The predicted octanol–water partition coefficient (Wildman–Crippen LogP) is 6.45. The molecule has 1 aromatic heterocycles. The molecule has 9 nitrogen and oxygen atoms in total. The second kappa shape index (κ2) is 12.4. The van der Waals surface area contributed by atoms with Crippen molar-refractivity contribution in [2.75, 3.05) is 14.2 Å². The quantitative estimate of drug-likeness (QED) is 0.0899. The van der Waals surface area contributed by atoms with E-state index in [-0.39, 0.29) is 11.7 Å². The molecule has 1 heterocycles. The Hall–Kier alpha value is -5.70. The lowest BCUT2D eigenvalue weighted by Gasteiger charge is -2.10. The standard InChI is InChI=1S/C32H28N4O5/c1-37-26-11-15-28(16-12-26)40-35-31(33)23-7-3-21(4-8-23)25-19-30(39-20-25)22-5-9-24(10-6-22)32(34)36-41-29-17-13-27(38-2)14-18-29/h3-20H,1-2H3,(H2,33,35)(H2,34,36). The summed E-state index contributed by atoms with van der Waals surface area (Å²) in [5, 5.41) is 16.5. The highest BCUT2D eigenvalue weighted by molar-refractivity contribution is 5.96. The van der Waals surface area contributed by atoms with Gasteiger partial charge in [0.25, 0.3) is 0 Å². The van der Waals surface area contributed by atoms with Crippen LogP contribution in [0.2, 0.25) is 0 Å². The largest absolute Gasteiger partial charge is 0.497 e. The van der Waals surface area contributed by atoms with E-state index in [1.165, 1.54) is 0 Å². The molecule has 5 rings (SSSR count). The molecular weight excluding hydrogens is 520 g/mol. The zero-order chi connectivity index (χ0) is 28.6. The minimum Gasteiger partial charge on any atom is -0.497 e. The molecule has 206 valence electrons. The molecule has 4 N–H and O–H groups in total. The first-order valence-electron chi connectivity index (χ1n) is 12.6. The van der Waals surface area contributed by atoms with Crippen molar-refractivity contribution < 1.29 is 23.6 Å². The normalized spacial score (nSPS) is 10.4. The van der Waals surface area contributed by atoms with Crippen LogP contribution >= 0.6 is 0 Å². The molecular formula is C32H28N4O5. The molecule has 0 spiro atoms. The third kappa shape index (κ3) is 6.66. The van der Waals surface area contributed by atoms with Crippen molar-refractivity contribution in [1.82, 2.24) is 11.0 Å². The molecule has 41 heavy (non-hydrogen) atoms. The monoisotopic (exact) mass is 548 g/mol. The first kappa shape index (κ1) is 26.9. The maximum absolute atomic E-state index is 8.27. The summed E-state index contributed by atoms with van der Waals surface area (Å²) in [7, 11) is 3.20. The highest BCUT2D eigenvalue weighted by Gasteiger charge is 2.10. The molecule has 0 saturated carbocycles. The van der Waals surface area contributed by atoms with Gasteiger partial charge in [0, 0.05) is 22.3 Å². The Kier molecular flexibility index (Phi) is 8.16. The number of hydrogen-bond donors (Lipinski definition) is 4. The van der Waals surface area contributed by atoms with Crippen molar-refractivity contribution in [2.45, 2.75) is 0 Å². The molecule has 0 unspecified atom stereocenters. The topological polar surface area (TPSA) is 122 Å². The van der Waals surface area contributed by atoms with Gasteiger partial charge in [0.1, 0.15) is 17.3 Å². The molecule has 0 amide bonds. The molecule has 0 saturated heterocycles. The molecule has 0 aliphatic carbocycles. The molecule has 9 heteroatoms. The van der Waals surface area contributed by atoms with Gasteiger partial charge in [0.05, 0.1) is 20.5 Å². The van der Waals surface area contributed by atoms with Gasteiger partial charge < -0.3 is 23.6 Å².